The van der Waals surface area contributed by atoms with E-state index >= 15 is 0 Å². The first-order chi connectivity index (χ1) is 12.4. The van der Waals surface area contributed by atoms with Gasteiger partial charge in [0.2, 0.25) is 0 Å². The van der Waals surface area contributed by atoms with Crippen LogP contribution in [-0.2, 0) is 5.75 Å². The van der Waals surface area contributed by atoms with Crippen LogP contribution in [0.2, 0.25) is 0 Å². The minimum absolute atomic E-state index is 0.0141. The van der Waals surface area contributed by atoms with Crippen molar-refractivity contribution in [2.75, 3.05) is 11.1 Å². The van der Waals surface area contributed by atoms with E-state index in [1.165, 1.54) is 30.0 Å². The minimum atomic E-state index is -0.630. The van der Waals surface area contributed by atoms with Crippen LogP contribution in [0, 0.1) is 5.82 Å². The molecule has 0 bridgehead atoms. The number of anilines is 2. The van der Waals surface area contributed by atoms with E-state index in [0.717, 1.165) is 5.56 Å². The molecule has 26 heavy (non-hydrogen) atoms. The monoisotopic (exact) mass is 438 g/mol. The number of H-pyrrole nitrogens is 1. The summed E-state index contributed by atoms with van der Waals surface area (Å²) in [5, 5.41) is 2.63. The van der Waals surface area contributed by atoms with Crippen molar-refractivity contribution in [1.82, 2.24) is 9.97 Å². The Hall–Kier alpha value is -2.59. The molecule has 1 amide bonds. The summed E-state index contributed by atoms with van der Waals surface area (Å²) in [5.74, 6) is -0.692. The van der Waals surface area contributed by atoms with Gasteiger partial charge in [0.1, 0.15) is 5.82 Å². The number of hydrogen-bond acceptors (Lipinski definition) is 6. The van der Waals surface area contributed by atoms with Gasteiger partial charge in [0.25, 0.3) is 11.5 Å². The van der Waals surface area contributed by atoms with Crippen LogP contribution in [0.25, 0.3) is 0 Å². The number of amides is 1. The molecule has 0 saturated carbocycles. The third-order valence-electron chi connectivity index (χ3n) is 3.23. The maximum Gasteiger partial charge on any atom is 0.291 e. The Morgan fingerprint density at radius 1 is 1.38 bits per heavy atom. The number of carbonyl (C=O) groups excluding carboxylic acids is 1. The Labute approximate surface area is 159 Å². The second-order valence-corrected chi connectivity index (χ2v) is 6.85. The molecule has 1 aromatic carbocycles. The topological polar surface area (TPSA) is 114 Å². The number of thioether (sulfide) groups is 1. The molecule has 0 spiro atoms. The highest BCUT2D eigenvalue weighted by molar-refractivity contribution is 9.10. The molecule has 0 aliphatic rings. The van der Waals surface area contributed by atoms with Gasteiger partial charge in [-0.25, -0.2) is 9.37 Å². The van der Waals surface area contributed by atoms with Crippen molar-refractivity contribution in [1.29, 1.82) is 0 Å². The van der Waals surface area contributed by atoms with Crippen LogP contribution in [0.1, 0.15) is 16.1 Å². The molecule has 0 unspecified atom stereocenters. The van der Waals surface area contributed by atoms with Crippen molar-refractivity contribution in [3.63, 3.8) is 0 Å². The number of nitrogens with zero attached hydrogens (tertiary/aromatic N) is 1. The van der Waals surface area contributed by atoms with Gasteiger partial charge in [-0.3, -0.25) is 14.6 Å². The second kappa shape index (κ2) is 7.75. The van der Waals surface area contributed by atoms with Crippen LogP contribution in [0.4, 0.5) is 15.9 Å². The van der Waals surface area contributed by atoms with Crippen LogP contribution in [0.15, 0.2) is 55.4 Å². The largest absolute Gasteiger partial charge is 0.444 e. The third-order valence-corrected chi connectivity index (χ3v) is 4.60. The fourth-order valence-electron chi connectivity index (χ4n) is 2.05. The minimum Gasteiger partial charge on any atom is -0.444 e. The van der Waals surface area contributed by atoms with Gasteiger partial charge in [0, 0.05) is 5.75 Å². The Morgan fingerprint density at radius 3 is 2.85 bits per heavy atom. The molecule has 2 heterocycles. The molecule has 3 aromatic rings. The molecule has 0 aliphatic heterocycles. The molecular weight excluding hydrogens is 427 g/mol. The van der Waals surface area contributed by atoms with E-state index in [1.54, 1.807) is 18.2 Å². The molecular formula is C16H12BrFN4O3S. The summed E-state index contributed by atoms with van der Waals surface area (Å²) in [4.78, 5) is 30.8. The highest BCUT2D eigenvalue weighted by Gasteiger charge is 2.16. The van der Waals surface area contributed by atoms with Gasteiger partial charge in [-0.1, -0.05) is 23.9 Å². The number of nitrogens with one attached hydrogen (secondary N) is 2. The third kappa shape index (κ3) is 4.33. The van der Waals surface area contributed by atoms with Crippen LogP contribution in [-0.4, -0.2) is 15.9 Å². The van der Waals surface area contributed by atoms with E-state index in [2.05, 4.69) is 31.2 Å². The summed E-state index contributed by atoms with van der Waals surface area (Å²) in [6.07, 6.45) is 0. The highest BCUT2D eigenvalue weighted by Crippen LogP contribution is 2.22. The molecule has 2 aromatic heterocycles. The first-order valence-electron chi connectivity index (χ1n) is 7.26. The Kier molecular flexibility index (Phi) is 5.43. The van der Waals surface area contributed by atoms with Crippen LogP contribution in [0.3, 0.4) is 0 Å². The molecule has 134 valence electrons. The lowest BCUT2D eigenvalue weighted by Crippen LogP contribution is -2.22. The zero-order valence-electron chi connectivity index (χ0n) is 13.1. The van der Waals surface area contributed by atoms with Crippen LogP contribution >= 0.6 is 27.7 Å². The summed E-state index contributed by atoms with van der Waals surface area (Å²) in [7, 11) is 0. The fraction of sp³-hybridized carbons (Fsp3) is 0.0625. The maximum absolute atomic E-state index is 13.2. The number of rotatable bonds is 5. The van der Waals surface area contributed by atoms with Gasteiger partial charge in [-0.05, 0) is 45.8 Å². The lowest BCUT2D eigenvalue weighted by Gasteiger charge is -2.07. The van der Waals surface area contributed by atoms with Crippen molar-refractivity contribution in [2.45, 2.75) is 10.9 Å². The van der Waals surface area contributed by atoms with E-state index in [-0.39, 0.29) is 28.2 Å². The van der Waals surface area contributed by atoms with Crippen LogP contribution in [0.5, 0.6) is 0 Å². The quantitative estimate of drug-likeness (QED) is 0.415. The highest BCUT2D eigenvalue weighted by atomic mass is 79.9. The summed E-state index contributed by atoms with van der Waals surface area (Å²) in [5.41, 5.74) is 5.75. The number of benzene rings is 1. The summed E-state index contributed by atoms with van der Waals surface area (Å²) >= 11 is 4.27. The molecule has 0 aliphatic carbocycles. The normalized spacial score (nSPS) is 10.7. The van der Waals surface area contributed by atoms with Gasteiger partial charge in [0.05, 0.1) is 0 Å². The summed E-state index contributed by atoms with van der Waals surface area (Å²) in [6.45, 7) is 0. The average molecular weight is 439 g/mol. The number of halogens is 2. The standard InChI is InChI=1S/C16H12BrFN4O3S/c17-11-5-4-10(25-11)14(23)20-12-13(19)21-16(22-15(12)24)26-7-8-2-1-3-9(18)6-8/h1-6H,7H2,(H,20,23)(H3,19,21,22,24). The average Bonchev–Trinajstić information content (AvgIpc) is 3.03. The molecule has 3 rings (SSSR count). The summed E-state index contributed by atoms with van der Waals surface area (Å²) < 4.78 is 18.7. The number of aromatic amines is 1. The van der Waals surface area contributed by atoms with Crippen LogP contribution < -0.4 is 16.6 Å². The van der Waals surface area contributed by atoms with Crippen molar-refractivity contribution < 1.29 is 13.6 Å². The predicted octanol–water partition coefficient (Wildman–Crippen LogP) is 3.39. The Bertz CT molecular complexity index is 1020. The lowest BCUT2D eigenvalue weighted by atomic mass is 10.2. The van der Waals surface area contributed by atoms with Crippen molar-refractivity contribution >= 4 is 45.1 Å². The molecule has 0 atom stereocenters. The van der Waals surface area contributed by atoms with Gasteiger partial charge < -0.3 is 15.5 Å². The van der Waals surface area contributed by atoms with Crippen molar-refractivity contribution in [3.05, 3.63) is 68.6 Å². The maximum atomic E-state index is 13.2. The van der Waals surface area contributed by atoms with E-state index in [1.807, 2.05) is 0 Å². The van der Waals surface area contributed by atoms with Crippen molar-refractivity contribution in [3.8, 4) is 0 Å². The smallest absolute Gasteiger partial charge is 0.291 e. The predicted molar refractivity (Wildman–Crippen MR) is 99.6 cm³/mol. The van der Waals surface area contributed by atoms with Crippen molar-refractivity contribution in [2.24, 2.45) is 0 Å². The zero-order valence-corrected chi connectivity index (χ0v) is 15.5. The fourth-order valence-corrected chi connectivity index (χ4v) is 3.17. The van der Waals surface area contributed by atoms with Gasteiger partial charge >= 0.3 is 0 Å². The van der Waals surface area contributed by atoms with Gasteiger partial charge in [-0.15, -0.1) is 0 Å². The molecule has 0 fully saturated rings. The van der Waals surface area contributed by atoms with Gasteiger partial charge in [-0.2, -0.15) is 0 Å². The Morgan fingerprint density at radius 2 is 2.19 bits per heavy atom. The number of nitrogens with two attached hydrogens (primary N) is 1. The second-order valence-electron chi connectivity index (χ2n) is 5.11. The first-order valence-corrected chi connectivity index (χ1v) is 9.04. The Balaban J connectivity index is 1.73. The zero-order chi connectivity index (χ0) is 18.7. The summed E-state index contributed by atoms with van der Waals surface area (Å²) in [6, 6.07) is 9.09. The number of nitrogen functional groups attached to an aromatic ring is 1. The van der Waals surface area contributed by atoms with Gasteiger partial charge in [0.15, 0.2) is 27.1 Å². The number of furan rings is 1. The van der Waals surface area contributed by atoms with E-state index in [0.29, 0.717) is 10.4 Å². The lowest BCUT2D eigenvalue weighted by molar-refractivity contribution is 0.0995. The number of carbonyl (C=O) groups is 1. The molecule has 7 nitrogen and oxygen atoms in total. The molecule has 4 N–H and O–H groups in total. The molecule has 10 heteroatoms. The first kappa shape index (κ1) is 18.2. The van der Waals surface area contributed by atoms with E-state index in [9.17, 15) is 14.0 Å². The number of aromatic nitrogens is 2. The SMILES string of the molecule is Nc1nc(SCc2cccc(F)c2)[nH]c(=O)c1NC(=O)c1ccc(Br)o1. The van der Waals surface area contributed by atoms with E-state index < -0.39 is 11.5 Å². The van der Waals surface area contributed by atoms with E-state index in [4.69, 9.17) is 10.2 Å². The molecule has 0 saturated heterocycles. The number of hydrogen-bond donors (Lipinski definition) is 3. The molecule has 0 radical (unpaired) electrons.